The van der Waals surface area contributed by atoms with Crippen LogP contribution in [0.25, 0.3) is 0 Å². The van der Waals surface area contributed by atoms with E-state index >= 15 is 0 Å². The Labute approximate surface area is 127 Å². The van der Waals surface area contributed by atoms with Gasteiger partial charge in [-0.3, -0.25) is 0 Å². The molecule has 120 valence electrons. The highest BCUT2D eigenvalue weighted by molar-refractivity contribution is 4.80. The number of hydrogen-bond donors (Lipinski definition) is 1. The molecule has 1 saturated carbocycles. The maximum Gasteiger partial charge on any atom is 0.0622 e. The van der Waals surface area contributed by atoms with Gasteiger partial charge in [0.2, 0.25) is 0 Å². The first-order valence-electron chi connectivity index (χ1n) is 9.19. The van der Waals surface area contributed by atoms with Gasteiger partial charge in [0, 0.05) is 12.6 Å². The SMILES string of the molecule is CCCCCCCCOCC(NCCC)C1CCCC1. The quantitative estimate of drug-likeness (QED) is 0.484. The maximum atomic E-state index is 5.95. The topological polar surface area (TPSA) is 21.3 Å². The molecule has 1 atom stereocenters. The van der Waals surface area contributed by atoms with E-state index in [4.69, 9.17) is 4.74 Å². The molecule has 2 heteroatoms. The summed E-state index contributed by atoms with van der Waals surface area (Å²) in [5, 5.41) is 3.71. The van der Waals surface area contributed by atoms with Crippen LogP contribution in [0.1, 0.15) is 84.5 Å². The highest BCUT2D eigenvalue weighted by atomic mass is 16.5. The van der Waals surface area contributed by atoms with E-state index in [0.29, 0.717) is 6.04 Å². The average molecular weight is 284 g/mol. The average Bonchev–Trinajstić information content (AvgIpc) is 2.99. The number of rotatable bonds is 13. The second kappa shape index (κ2) is 12.6. The van der Waals surface area contributed by atoms with Crippen molar-refractivity contribution < 1.29 is 4.74 Å². The third kappa shape index (κ3) is 8.26. The van der Waals surface area contributed by atoms with Crippen LogP contribution in [-0.2, 0) is 4.74 Å². The number of ether oxygens (including phenoxy) is 1. The van der Waals surface area contributed by atoms with E-state index < -0.39 is 0 Å². The predicted octanol–water partition coefficient (Wildman–Crippen LogP) is 4.92. The standard InChI is InChI=1S/C18H37NO/c1-3-5-6-7-8-11-15-20-16-18(19-14-4-2)17-12-9-10-13-17/h17-19H,3-16H2,1-2H3. The highest BCUT2D eigenvalue weighted by Gasteiger charge is 2.24. The van der Waals surface area contributed by atoms with Crippen LogP contribution in [0, 0.1) is 5.92 Å². The van der Waals surface area contributed by atoms with E-state index in [9.17, 15) is 0 Å². The molecule has 1 rings (SSSR count). The van der Waals surface area contributed by atoms with Crippen LogP contribution < -0.4 is 5.32 Å². The molecule has 1 fully saturated rings. The first-order chi connectivity index (χ1) is 9.88. The molecule has 0 aliphatic heterocycles. The van der Waals surface area contributed by atoms with Crippen LogP contribution in [0.4, 0.5) is 0 Å². The summed E-state index contributed by atoms with van der Waals surface area (Å²) in [5.74, 6) is 0.867. The van der Waals surface area contributed by atoms with Crippen molar-refractivity contribution >= 4 is 0 Å². The van der Waals surface area contributed by atoms with E-state index in [0.717, 1.165) is 25.7 Å². The minimum atomic E-state index is 0.609. The molecule has 0 aromatic carbocycles. The lowest BCUT2D eigenvalue weighted by atomic mass is 9.98. The van der Waals surface area contributed by atoms with Crippen molar-refractivity contribution in [3.63, 3.8) is 0 Å². The van der Waals surface area contributed by atoms with Crippen LogP contribution in [0.15, 0.2) is 0 Å². The lowest BCUT2D eigenvalue weighted by molar-refractivity contribution is 0.0905. The van der Waals surface area contributed by atoms with Gasteiger partial charge in [0.15, 0.2) is 0 Å². The van der Waals surface area contributed by atoms with Crippen LogP contribution in [0.3, 0.4) is 0 Å². The number of unbranched alkanes of at least 4 members (excludes halogenated alkanes) is 5. The summed E-state index contributed by atoms with van der Waals surface area (Å²) in [5.41, 5.74) is 0. The van der Waals surface area contributed by atoms with Gasteiger partial charge in [-0.25, -0.2) is 0 Å². The molecular weight excluding hydrogens is 246 g/mol. The third-order valence-electron chi connectivity index (χ3n) is 4.57. The van der Waals surface area contributed by atoms with Gasteiger partial charge in [-0.2, -0.15) is 0 Å². The first-order valence-corrected chi connectivity index (χ1v) is 9.19. The molecule has 2 nitrogen and oxygen atoms in total. The number of hydrogen-bond acceptors (Lipinski definition) is 2. The van der Waals surface area contributed by atoms with E-state index in [1.54, 1.807) is 0 Å². The molecule has 0 aromatic rings. The Kier molecular flexibility index (Phi) is 11.4. The summed E-state index contributed by atoms with van der Waals surface area (Å²) in [4.78, 5) is 0. The minimum absolute atomic E-state index is 0.609. The van der Waals surface area contributed by atoms with Gasteiger partial charge >= 0.3 is 0 Å². The van der Waals surface area contributed by atoms with Crippen molar-refractivity contribution in [3.05, 3.63) is 0 Å². The van der Waals surface area contributed by atoms with Crippen molar-refractivity contribution in [2.75, 3.05) is 19.8 Å². The smallest absolute Gasteiger partial charge is 0.0622 e. The van der Waals surface area contributed by atoms with Gasteiger partial charge in [-0.05, 0) is 38.1 Å². The second-order valence-corrected chi connectivity index (χ2v) is 6.45. The summed E-state index contributed by atoms with van der Waals surface area (Å²) in [6.45, 7) is 7.55. The molecule has 0 heterocycles. The van der Waals surface area contributed by atoms with E-state index in [-0.39, 0.29) is 0 Å². The fourth-order valence-corrected chi connectivity index (χ4v) is 3.25. The Hall–Kier alpha value is -0.0800. The number of nitrogens with one attached hydrogen (secondary N) is 1. The first kappa shape index (κ1) is 18.0. The molecule has 0 aromatic heterocycles. The second-order valence-electron chi connectivity index (χ2n) is 6.45. The summed E-state index contributed by atoms with van der Waals surface area (Å²) >= 11 is 0. The van der Waals surface area contributed by atoms with E-state index in [1.165, 1.54) is 70.6 Å². The van der Waals surface area contributed by atoms with Gasteiger partial charge in [-0.15, -0.1) is 0 Å². The summed E-state index contributed by atoms with van der Waals surface area (Å²) in [7, 11) is 0. The lowest BCUT2D eigenvalue weighted by Crippen LogP contribution is -2.39. The van der Waals surface area contributed by atoms with Crippen molar-refractivity contribution in [2.24, 2.45) is 5.92 Å². The molecular formula is C18H37NO. The molecule has 0 spiro atoms. The molecule has 0 amide bonds. The van der Waals surface area contributed by atoms with Crippen molar-refractivity contribution in [1.82, 2.24) is 5.32 Å². The maximum absolute atomic E-state index is 5.95. The Morgan fingerprint density at radius 3 is 2.35 bits per heavy atom. The van der Waals surface area contributed by atoms with Crippen molar-refractivity contribution in [2.45, 2.75) is 90.5 Å². The third-order valence-corrected chi connectivity index (χ3v) is 4.57. The Morgan fingerprint density at radius 2 is 1.65 bits per heavy atom. The van der Waals surface area contributed by atoms with Crippen LogP contribution in [-0.4, -0.2) is 25.8 Å². The van der Waals surface area contributed by atoms with Crippen LogP contribution in [0.5, 0.6) is 0 Å². The molecule has 1 aliphatic carbocycles. The zero-order valence-corrected chi connectivity index (χ0v) is 14.0. The van der Waals surface area contributed by atoms with Gasteiger partial charge in [-0.1, -0.05) is 58.8 Å². The minimum Gasteiger partial charge on any atom is -0.380 e. The molecule has 1 N–H and O–H groups in total. The summed E-state index contributed by atoms with van der Waals surface area (Å²) in [6, 6.07) is 0.609. The van der Waals surface area contributed by atoms with Gasteiger partial charge < -0.3 is 10.1 Å². The zero-order valence-electron chi connectivity index (χ0n) is 14.0. The summed E-state index contributed by atoms with van der Waals surface area (Å²) in [6.07, 6.45) is 15.0. The lowest BCUT2D eigenvalue weighted by Gasteiger charge is -2.24. The van der Waals surface area contributed by atoms with Gasteiger partial charge in [0.05, 0.1) is 6.61 Å². The van der Waals surface area contributed by atoms with Crippen molar-refractivity contribution in [3.8, 4) is 0 Å². The molecule has 1 unspecified atom stereocenters. The zero-order chi connectivity index (χ0) is 14.5. The Morgan fingerprint density at radius 1 is 0.950 bits per heavy atom. The van der Waals surface area contributed by atoms with Crippen LogP contribution in [0.2, 0.25) is 0 Å². The largest absolute Gasteiger partial charge is 0.380 e. The van der Waals surface area contributed by atoms with Gasteiger partial charge in [0.25, 0.3) is 0 Å². The van der Waals surface area contributed by atoms with Crippen molar-refractivity contribution in [1.29, 1.82) is 0 Å². The van der Waals surface area contributed by atoms with E-state index in [1.807, 2.05) is 0 Å². The predicted molar refractivity (Wildman–Crippen MR) is 88.2 cm³/mol. The molecule has 0 radical (unpaired) electrons. The monoisotopic (exact) mass is 283 g/mol. The van der Waals surface area contributed by atoms with E-state index in [2.05, 4.69) is 19.2 Å². The molecule has 0 bridgehead atoms. The normalized spacial score (nSPS) is 17.7. The highest BCUT2D eigenvalue weighted by Crippen LogP contribution is 2.27. The summed E-state index contributed by atoms with van der Waals surface area (Å²) < 4.78 is 5.95. The fourth-order valence-electron chi connectivity index (χ4n) is 3.25. The van der Waals surface area contributed by atoms with Gasteiger partial charge in [0.1, 0.15) is 0 Å². The molecule has 20 heavy (non-hydrogen) atoms. The molecule has 0 saturated heterocycles. The Balaban J connectivity index is 2.02. The Bertz CT molecular complexity index is 202. The molecule has 1 aliphatic rings. The fraction of sp³-hybridized carbons (Fsp3) is 1.00. The van der Waals surface area contributed by atoms with Crippen LogP contribution >= 0.6 is 0 Å².